The van der Waals surface area contributed by atoms with Crippen LogP contribution in [0.4, 0.5) is 0 Å². The van der Waals surface area contributed by atoms with Gasteiger partial charge in [-0.1, -0.05) is 6.92 Å². The van der Waals surface area contributed by atoms with Gasteiger partial charge in [-0.3, -0.25) is 0 Å². The molecule has 0 radical (unpaired) electrons. The van der Waals surface area contributed by atoms with Crippen molar-refractivity contribution in [2.45, 2.75) is 24.0 Å². The van der Waals surface area contributed by atoms with Crippen molar-refractivity contribution in [1.29, 1.82) is 0 Å². The Morgan fingerprint density at radius 2 is 2.12 bits per heavy atom. The number of phenols is 2. The fourth-order valence-electron chi connectivity index (χ4n) is 1.51. The Morgan fingerprint density at radius 1 is 1.29 bits per heavy atom. The third-order valence-electron chi connectivity index (χ3n) is 2.47. The first-order valence-electron chi connectivity index (χ1n) is 5.40. The molecule has 2 N–H and O–H groups in total. The SMILES string of the molecule is CCc1cc(O)c(O)c(SCc2ccco2)c1. The zero-order valence-electron chi connectivity index (χ0n) is 9.51. The molecule has 4 heteroatoms. The summed E-state index contributed by atoms with van der Waals surface area (Å²) in [5.74, 6) is 1.36. The van der Waals surface area contributed by atoms with Crippen LogP contribution in [0.5, 0.6) is 11.5 Å². The summed E-state index contributed by atoms with van der Waals surface area (Å²) in [7, 11) is 0. The van der Waals surface area contributed by atoms with E-state index in [2.05, 4.69) is 0 Å². The minimum atomic E-state index is -0.0636. The number of hydrogen-bond donors (Lipinski definition) is 2. The molecule has 1 aromatic carbocycles. The highest BCUT2D eigenvalue weighted by molar-refractivity contribution is 7.98. The number of benzene rings is 1. The molecule has 0 amide bonds. The lowest BCUT2D eigenvalue weighted by molar-refractivity contribution is 0.394. The molecule has 0 saturated heterocycles. The van der Waals surface area contributed by atoms with Crippen LogP contribution < -0.4 is 0 Å². The van der Waals surface area contributed by atoms with E-state index in [0.717, 1.165) is 17.7 Å². The van der Waals surface area contributed by atoms with Gasteiger partial charge >= 0.3 is 0 Å². The molecule has 0 fully saturated rings. The highest BCUT2D eigenvalue weighted by Crippen LogP contribution is 2.38. The van der Waals surface area contributed by atoms with E-state index in [0.29, 0.717) is 10.6 Å². The van der Waals surface area contributed by atoms with Crippen LogP contribution in [0.1, 0.15) is 18.2 Å². The second-order valence-electron chi connectivity index (χ2n) is 3.68. The molecule has 2 rings (SSSR count). The first-order chi connectivity index (χ1) is 8.20. The van der Waals surface area contributed by atoms with Gasteiger partial charge in [-0.15, -0.1) is 11.8 Å². The fraction of sp³-hybridized carbons (Fsp3) is 0.231. The number of aryl methyl sites for hydroxylation is 1. The topological polar surface area (TPSA) is 53.6 Å². The largest absolute Gasteiger partial charge is 0.504 e. The molecule has 3 nitrogen and oxygen atoms in total. The van der Waals surface area contributed by atoms with Gasteiger partial charge in [0.1, 0.15) is 5.76 Å². The van der Waals surface area contributed by atoms with Crippen LogP contribution in [0.15, 0.2) is 39.8 Å². The first-order valence-corrected chi connectivity index (χ1v) is 6.39. The quantitative estimate of drug-likeness (QED) is 0.643. The van der Waals surface area contributed by atoms with E-state index in [1.165, 1.54) is 11.8 Å². The van der Waals surface area contributed by atoms with E-state index in [9.17, 15) is 10.2 Å². The highest BCUT2D eigenvalue weighted by atomic mass is 32.2. The van der Waals surface area contributed by atoms with Gasteiger partial charge in [0.15, 0.2) is 11.5 Å². The van der Waals surface area contributed by atoms with Crippen molar-refractivity contribution >= 4 is 11.8 Å². The second-order valence-corrected chi connectivity index (χ2v) is 4.70. The zero-order chi connectivity index (χ0) is 12.3. The van der Waals surface area contributed by atoms with Crippen LogP contribution in [-0.4, -0.2) is 10.2 Å². The Kier molecular flexibility index (Phi) is 3.64. The van der Waals surface area contributed by atoms with Gasteiger partial charge in [0.05, 0.1) is 16.9 Å². The third-order valence-corrected chi connectivity index (χ3v) is 3.52. The summed E-state index contributed by atoms with van der Waals surface area (Å²) < 4.78 is 5.22. The number of rotatable bonds is 4. The van der Waals surface area contributed by atoms with Crippen LogP contribution in [0, 0.1) is 0 Å². The molecule has 2 aromatic rings. The summed E-state index contributed by atoms with van der Waals surface area (Å²) in [6, 6.07) is 7.19. The molecule has 1 aromatic heterocycles. The van der Waals surface area contributed by atoms with Gasteiger partial charge in [0, 0.05) is 0 Å². The van der Waals surface area contributed by atoms with Crippen LogP contribution in [0.25, 0.3) is 0 Å². The maximum atomic E-state index is 9.74. The van der Waals surface area contributed by atoms with Gasteiger partial charge in [0.25, 0.3) is 0 Å². The molecule has 0 atom stereocenters. The van der Waals surface area contributed by atoms with Crippen LogP contribution in [-0.2, 0) is 12.2 Å². The summed E-state index contributed by atoms with van der Waals surface area (Å²) in [6.45, 7) is 2.01. The minimum Gasteiger partial charge on any atom is -0.504 e. The molecular formula is C13H14O3S. The van der Waals surface area contributed by atoms with Crippen molar-refractivity contribution in [2.24, 2.45) is 0 Å². The van der Waals surface area contributed by atoms with E-state index in [1.807, 2.05) is 25.1 Å². The van der Waals surface area contributed by atoms with Crippen molar-refractivity contribution in [3.8, 4) is 11.5 Å². The first kappa shape index (κ1) is 11.9. The Labute approximate surface area is 104 Å². The molecule has 17 heavy (non-hydrogen) atoms. The van der Waals surface area contributed by atoms with E-state index in [4.69, 9.17) is 4.42 Å². The maximum absolute atomic E-state index is 9.74. The Bertz CT molecular complexity index is 492. The summed E-state index contributed by atoms with van der Waals surface area (Å²) in [4.78, 5) is 0.679. The normalized spacial score (nSPS) is 10.6. The van der Waals surface area contributed by atoms with Crippen LogP contribution in [0.2, 0.25) is 0 Å². The molecule has 0 spiro atoms. The van der Waals surface area contributed by atoms with Gasteiger partial charge in [-0.25, -0.2) is 0 Å². The summed E-state index contributed by atoms with van der Waals surface area (Å²) in [6.07, 6.45) is 2.44. The molecular weight excluding hydrogens is 236 g/mol. The average Bonchev–Trinajstić information content (AvgIpc) is 2.84. The molecule has 0 aliphatic rings. The lowest BCUT2D eigenvalue weighted by Gasteiger charge is -2.07. The number of aromatic hydroxyl groups is 2. The standard InChI is InChI=1S/C13H14O3S/c1-2-9-6-11(14)13(15)12(7-9)17-8-10-4-3-5-16-10/h3-7,14-15H,2,8H2,1H3. The molecule has 0 saturated carbocycles. The van der Waals surface area contributed by atoms with Gasteiger partial charge in [-0.2, -0.15) is 0 Å². The van der Waals surface area contributed by atoms with E-state index >= 15 is 0 Å². The zero-order valence-corrected chi connectivity index (χ0v) is 10.3. The Morgan fingerprint density at radius 3 is 2.76 bits per heavy atom. The fourth-order valence-corrected chi connectivity index (χ4v) is 2.44. The van der Waals surface area contributed by atoms with Crippen molar-refractivity contribution in [3.05, 3.63) is 41.9 Å². The van der Waals surface area contributed by atoms with Crippen LogP contribution in [0.3, 0.4) is 0 Å². The van der Waals surface area contributed by atoms with Gasteiger partial charge in [0.2, 0.25) is 0 Å². The lowest BCUT2D eigenvalue weighted by Crippen LogP contribution is -1.84. The molecule has 0 aliphatic heterocycles. The molecule has 1 heterocycles. The van der Waals surface area contributed by atoms with Crippen molar-refractivity contribution in [2.75, 3.05) is 0 Å². The van der Waals surface area contributed by atoms with Crippen molar-refractivity contribution < 1.29 is 14.6 Å². The Balaban J connectivity index is 2.17. The summed E-state index contributed by atoms with van der Waals surface area (Å²) >= 11 is 1.44. The smallest absolute Gasteiger partial charge is 0.171 e. The van der Waals surface area contributed by atoms with E-state index in [-0.39, 0.29) is 11.5 Å². The number of phenolic OH excluding ortho intramolecular Hbond substituents is 2. The number of thioether (sulfide) groups is 1. The molecule has 0 bridgehead atoms. The lowest BCUT2D eigenvalue weighted by atomic mass is 10.1. The second kappa shape index (κ2) is 5.19. The molecule has 0 aliphatic carbocycles. The monoisotopic (exact) mass is 250 g/mol. The minimum absolute atomic E-state index is 0.0567. The van der Waals surface area contributed by atoms with Gasteiger partial charge in [-0.05, 0) is 36.2 Å². The van der Waals surface area contributed by atoms with Crippen molar-refractivity contribution in [3.63, 3.8) is 0 Å². The summed E-state index contributed by atoms with van der Waals surface area (Å²) in [5, 5.41) is 19.3. The number of furan rings is 1. The highest BCUT2D eigenvalue weighted by Gasteiger charge is 2.10. The maximum Gasteiger partial charge on any atom is 0.171 e. The molecule has 90 valence electrons. The van der Waals surface area contributed by atoms with E-state index in [1.54, 1.807) is 12.3 Å². The predicted molar refractivity (Wildman–Crippen MR) is 67.4 cm³/mol. The van der Waals surface area contributed by atoms with Gasteiger partial charge < -0.3 is 14.6 Å². The summed E-state index contributed by atoms with van der Waals surface area (Å²) in [5.41, 5.74) is 1.00. The Hall–Kier alpha value is -1.55. The van der Waals surface area contributed by atoms with Crippen molar-refractivity contribution in [1.82, 2.24) is 0 Å². The third kappa shape index (κ3) is 2.77. The predicted octanol–water partition coefficient (Wildman–Crippen LogP) is 3.55. The average molecular weight is 250 g/mol. The van der Waals surface area contributed by atoms with E-state index < -0.39 is 0 Å². The molecule has 0 unspecified atom stereocenters. The number of hydrogen-bond acceptors (Lipinski definition) is 4. The van der Waals surface area contributed by atoms with Crippen LogP contribution >= 0.6 is 11.8 Å².